The highest BCUT2D eigenvalue weighted by atomic mass is 127. The van der Waals surface area contributed by atoms with Gasteiger partial charge in [0.2, 0.25) is 0 Å². The molecule has 0 saturated heterocycles. The van der Waals surface area contributed by atoms with Crippen LogP contribution in [0.5, 0.6) is 0 Å². The van der Waals surface area contributed by atoms with Crippen LogP contribution in [-0.2, 0) is 0 Å². The number of hydrogen-bond donors (Lipinski definition) is 0. The van der Waals surface area contributed by atoms with Crippen LogP contribution in [0.4, 0.5) is 0 Å². The number of carbonyl (C=O) groups is 1. The molecule has 4 heteroatoms. The van der Waals surface area contributed by atoms with Crippen LogP contribution in [0.25, 0.3) is 0 Å². The largest absolute Gasteiger partial charge is 0.293 e. The number of nitriles is 1. The van der Waals surface area contributed by atoms with E-state index in [2.05, 4.69) is 38.5 Å². The molecule has 0 N–H and O–H groups in total. The highest BCUT2D eigenvalue weighted by molar-refractivity contribution is 14.1. The zero-order chi connectivity index (χ0) is 10.7. The van der Waals surface area contributed by atoms with Crippen molar-refractivity contribution in [1.29, 1.82) is 5.26 Å². The molecular formula is C10H7BrINO. The van der Waals surface area contributed by atoms with Crippen LogP contribution in [-0.4, -0.2) is 10.6 Å². The summed E-state index contributed by atoms with van der Waals surface area (Å²) in [5.41, 5.74) is 0.922. The molecule has 0 aromatic heterocycles. The monoisotopic (exact) mass is 363 g/mol. The molecule has 14 heavy (non-hydrogen) atoms. The first kappa shape index (κ1) is 11.7. The number of Topliss-reactive ketones (excluding diaryl/α,β-unsaturated/α-hetero) is 1. The van der Waals surface area contributed by atoms with Crippen molar-refractivity contribution in [3.63, 3.8) is 0 Å². The molecule has 1 aromatic rings. The summed E-state index contributed by atoms with van der Waals surface area (Å²) in [6, 6.07) is 7.23. The summed E-state index contributed by atoms with van der Waals surface area (Å²) < 4.78 is 0.957. The number of rotatable bonds is 2. The standard InChI is InChI=1S/C10H7BrINO/c1-6(11)10(14)9-4-8(12)3-2-7(9)5-13/h2-4,6H,1H3. The summed E-state index contributed by atoms with van der Waals surface area (Å²) in [6.45, 7) is 1.75. The fraction of sp³-hybridized carbons (Fsp3) is 0.200. The normalized spacial score (nSPS) is 11.9. The van der Waals surface area contributed by atoms with E-state index in [-0.39, 0.29) is 10.6 Å². The summed E-state index contributed by atoms with van der Waals surface area (Å²) in [7, 11) is 0. The number of alkyl halides is 1. The third kappa shape index (κ3) is 2.55. The molecule has 0 heterocycles. The Labute approximate surface area is 105 Å². The van der Waals surface area contributed by atoms with E-state index in [0.717, 1.165) is 3.57 Å². The van der Waals surface area contributed by atoms with Crippen molar-refractivity contribution in [2.45, 2.75) is 11.8 Å². The minimum atomic E-state index is -0.257. The van der Waals surface area contributed by atoms with Crippen molar-refractivity contribution < 1.29 is 4.79 Å². The Morgan fingerprint density at radius 3 is 2.79 bits per heavy atom. The first-order chi connectivity index (χ1) is 6.56. The second kappa shape index (κ2) is 4.89. The molecule has 0 saturated carbocycles. The number of halogens is 2. The van der Waals surface area contributed by atoms with E-state index in [1.165, 1.54) is 0 Å². The van der Waals surface area contributed by atoms with Crippen LogP contribution >= 0.6 is 38.5 Å². The van der Waals surface area contributed by atoms with Gasteiger partial charge in [-0.2, -0.15) is 5.26 Å². The Balaban J connectivity index is 3.26. The molecule has 0 bridgehead atoms. The highest BCUT2D eigenvalue weighted by Crippen LogP contribution is 2.17. The number of carbonyl (C=O) groups excluding carboxylic acids is 1. The SMILES string of the molecule is CC(Br)C(=O)c1cc(I)ccc1C#N. The molecule has 1 rings (SSSR count). The van der Waals surface area contributed by atoms with E-state index in [1.807, 2.05) is 12.1 Å². The third-order valence-electron chi connectivity index (χ3n) is 1.73. The van der Waals surface area contributed by atoms with Crippen molar-refractivity contribution in [1.82, 2.24) is 0 Å². The van der Waals surface area contributed by atoms with Gasteiger partial charge in [-0.3, -0.25) is 4.79 Å². The Kier molecular flexibility index (Phi) is 4.08. The summed E-state index contributed by atoms with van der Waals surface area (Å²) in [4.78, 5) is 11.4. The molecule has 72 valence electrons. The lowest BCUT2D eigenvalue weighted by Crippen LogP contribution is -2.12. The lowest BCUT2D eigenvalue weighted by Gasteiger charge is -2.05. The molecule has 0 spiro atoms. The zero-order valence-electron chi connectivity index (χ0n) is 7.42. The molecule has 0 radical (unpaired) electrons. The number of ketones is 1. The average molecular weight is 364 g/mol. The first-order valence-electron chi connectivity index (χ1n) is 3.94. The van der Waals surface area contributed by atoms with Gasteiger partial charge >= 0.3 is 0 Å². The Morgan fingerprint density at radius 1 is 1.64 bits per heavy atom. The molecule has 0 aliphatic rings. The fourth-order valence-electron chi connectivity index (χ4n) is 1.03. The molecule has 1 unspecified atom stereocenters. The van der Waals surface area contributed by atoms with E-state index in [4.69, 9.17) is 5.26 Å². The lowest BCUT2D eigenvalue weighted by atomic mass is 10.0. The molecular weight excluding hydrogens is 357 g/mol. The number of hydrogen-bond acceptors (Lipinski definition) is 2. The van der Waals surface area contributed by atoms with Crippen LogP contribution in [0.3, 0.4) is 0 Å². The fourth-order valence-corrected chi connectivity index (χ4v) is 1.77. The summed E-state index contributed by atoms with van der Waals surface area (Å²) in [5, 5.41) is 8.82. The van der Waals surface area contributed by atoms with Crippen molar-refractivity contribution in [2.24, 2.45) is 0 Å². The maximum atomic E-state index is 11.7. The number of benzene rings is 1. The Hall–Kier alpha value is -0.410. The van der Waals surface area contributed by atoms with Crippen molar-refractivity contribution in [3.8, 4) is 6.07 Å². The van der Waals surface area contributed by atoms with E-state index >= 15 is 0 Å². The molecule has 0 amide bonds. The summed E-state index contributed by atoms with van der Waals surface area (Å²) in [6.07, 6.45) is 0. The topological polar surface area (TPSA) is 40.9 Å². The van der Waals surface area contributed by atoms with Gasteiger partial charge in [0.25, 0.3) is 0 Å². The van der Waals surface area contributed by atoms with Gasteiger partial charge in [-0.15, -0.1) is 0 Å². The van der Waals surface area contributed by atoms with Crippen LogP contribution in [0.15, 0.2) is 18.2 Å². The molecule has 0 fully saturated rings. The maximum absolute atomic E-state index is 11.7. The molecule has 0 aliphatic heterocycles. The second-order valence-corrected chi connectivity index (χ2v) is 5.40. The van der Waals surface area contributed by atoms with E-state index in [0.29, 0.717) is 11.1 Å². The van der Waals surface area contributed by atoms with Crippen LogP contribution in [0, 0.1) is 14.9 Å². The van der Waals surface area contributed by atoms with Crippen molar-refractivity contribution in [3.05, 3.63) is 32.9 Å². The van der Waals surface area contributed by atoms with Crippen LogP contribution in [0.2, 0.25) is 0 Å². The van der Waals surface area contributed by atoms with Gasteiger partial charge < -0.3 is 0 Å². The van der Waals surface area contributed by atoms with Crippen molar-refractivity contribution >= 4 is 44.3 Å². The van der Waals surface area contributed by atoms with Gasteiger partial charge in [-0.1, -0.05) is 15.9 Å². The molecule has 1 atom stereocenters. The van der Waals surface area contributed by atoms with Crippen LogP contribution < -0.4 is 0 Å². The van der Waals surface area contributed by atoms with E-state index in [1.54, 1.807) is 19.1 Å². The lowest BCUT2D eigenvalue weighted by molar-refractivity contribution is 0.0995. The number of nitrogens with zero attached hydrogens (tertiary/aromatic N) is 1. The predicted octanol–water partition coefficient (Wildman–Crippen LogP) is 3.13. The molecule has 0 aliphatic carbocycles. The van der Waals surface area contributed by atoms with Gasteiger partial charge in [0.05, 0.1) is 16.5 Å². The average Bonchev–Trinajstić information content (AvgIpc) is 2.16. The molecule has 1 aromatic carbocycles. The predicted molar refractivity (Wildman–Crippen MR) is 66.6 cm³/mol. The van der Waals surface area contributed by atoms with E-state index in [9.17, 15) is 4.79 Å². The van der Waals surface area contributed by atoms with Crippen molar-refractivity contribution in [2.75, 3.05) is 0 Å². The van der Waals surface area contributed by atoms with Gasteiger partial charge in [0, 0.05) is 9.13 Å². The summed E-state index contributed by atoms with van der Waals surface area (Å²) in [5.74, 6) is -0.0555. The zero-order valence-corrected chi connectivity index (χ0v) is 11.2. The molecule has 2 nitrogen and oxygen atoms in total. The van der Waals surface area contributed by atoms with Gasteiger partial charge in [0.1, 0.15) is 0 Å². The van der Waals surface area contributed by atoms with Gasteiger partial charge in [-0.05, 0) is 47.7 Å². The maximum Gasteiger partial charge on any atom is 0.177 e. The minimum Gasteiger partial charge on any atom is -0.293 e. The smallest absolute Gasteiger partial charge is 0.177 e. The Morgan fingerprint density at radius 2 is 2.29 bits per heavy atom. The van der Waals surface area contributed by atoms with E-state index < -0.39 is 0 Å². The minimum absolute atomic E-state index is 0.0555. The summed E-state index contributed by atoms with van der Waals surface area (Å²) >= 11 is 5.32. The Bertz CT molecular complexity index is 409. The quantitative estimate of drug-likeness (QED) is 0.460. The van der Waals surface area contributed by atoms with Gasteiger partial charge in [-0.25, -0.2) is 0 Å². The van der Waals surface area contributed by atoms with Crippen LogP contribution in [0.1, 0.15) is 22.8 Å². The highest BCUT2D eigenvalue weighted by Gasteiger charge is 2.16. The van der Waals surface area contributed by atoms with Gasteiger partial charge in [0.15, 0.2) is 5.78 Å². The third-order valence-corrected chi connectivity index (χ3v) is 2.82. The first-order valence-corrected chi connectivity index (χ1v) is 5.93. The second-order valence-electron chi connectivity index (χ2n) is 2.78.